The molecule has 0 fully saturated rings. The van der Waals surface area contributed by atoms with Gasteiger partial charge in [-0.3, -0.25) is 49.0 Å². The van der Waals surface area contributed by atoms with Gasteiger partial charge in [-0.2, -0.15) is 0 Å². The van der Waals surface area contributed by atoms with Crippen LogP contribution in [0.4, 0.5) is 16.3 Å². The third-order valence-electron chi connectivity index (χ3n) is 9.36. The van der Waals surface area contributed by atoms with Crippen molar-refractivity contribution in [3.63, 3.8) is 0 Å². The number of rotatable bonds is 21. The fraction of sp³-hybridized carbons (Fsp3) is 0.596. The van der Waals surface area contributed by atoms with E-state index in [-0.39, 0.29) is 58.9 Å². The molecule has 0 atom stereocenters. The SMILES string of the molecule is CC(C)(C)OC(=O)CN(CCN(CC(=O)OC(C)(C)C)Cc1cc(C#Cc2cnc(NCc3ccc(NC(=O)OC(C)(C)C)cc3)cn2)cc(CN(CC(=O)OC(C)(C)C)CC(=O)OC(C)(C)C)n1)CC(=O)OC(C)(C)C. The predicted octanol–water partition coefficient (Wildman–Crippen LogP) is 7.85. The lowest BCUT2D eigenvalue weighted by Crippen LogP contribution is -2.44. The lowest BCUT2D eigenvalue weighted by molar-refractivity contribution is -0.162. The summed E-state index contributed by atoms with van der Waals surface area (Å²) in [6.07, 6.45) is 2.54. The zero-order chi connectivity index (χ0) is 58.2. The summed E-state index contributed by atoms with van der Waals surface area (Å²) in [6.45, 7) is 31.2. The van der Waals surface area contributed by atoms with Crippen molar-refractivity contribution < 1.29 is 57.2 Å². The average molecular weight is 1070 g/mol. The van der Waals surface area contributed by atoms with E-state index in [4.69, 9.17) is 33.4 Å². The number of benzene rings is 1. The third-order valence-corrected chi connectivity index (χ3v) is 9.36. The van der Waals surface area contributed by atoms with Crippen LogP contribution in [0.2, 0.25) is 0 Å². The highest BCUT2D eigenvalue weighted by molar-refractivity contribution is 5.85. The number of esters is 5. The van der Waals surface area contributed by atoms with Crippen LogP contribution in [-0.4, -0.2) is 145 Å². The van der Waals surface area contributed by atoms with Gasteiger partial charge in [-0.05, 0) is 160 Å². The van der Waals surface area contributed by atoms with E-state index in [9.17, 15) is 28.8 Å². The molecule has 1 amide bonds. The summed E-state index contributed by atoms with van der Waals surface area (Å²) in [5.74, 6) is 3.99. The Morgan fingerprint density at radius 3 is 1.27 bits per heavy atom. The highest BCUT2D eigenvalue weighted by Crippen LogP contribution is 2.18. The van der Waals surface area contributed by atoms with Gasteiger partial charge in [0.25, 0.3) is 0 Å². The largest absolute Gasteiger partial charge is 0.459 e. The molecule has 2 aromatic heterocycles. The summed E-state index contributed by atoms with van der Waals surface area (Å²) in [7, 11) is 0. The van der Waals surface area contributed by atoms with Crippen molar-refractivity contribution in [2.75, 3.05) is 56.4 Å². The predicted molar refractivity (Wildman–Crippen MR) is 292 cm³/mol. The summed E-state index contributed by atoms with van der Waals surface area (Å²) < 4.78 is 33.6. The Kier molecular flexibility index (Phi) is 23.1. The Balaban J connectivity index is 2.05. The van der Waals surface area contributed by atoms with Crippen LogP contribution in [0.3, 0.4) is 0 Å². The molecule has 0 saturated heterocycles. The van der Waals surface area contributed by atoms with Crippen molar-refractivity contribution in [2.24, 2.45) is 0 Å². The van der Waals surface area contributed by atoms with Crippen molar-refractivity contribution in [1.29, 1.82) is 0 Å². The first-order valence-corrected chi connectivity index (χ1v) is 25.7. The maximum absolute atomic E-state index is 13.5. The number of carbonyl (C=O) groups is 6. The van der Waals surface area contributed by atoms with Gasteiger partial charge in [0.1, 0.15) is 45.1 Å². The quantitative estimate of drug-likeness (QED) is 0.0588. The number of hydrogen-bond donors (Lipinski definition) is 2. The summed E-state index contributed by atoms with van der Waals surface area (Å²) in [6, 6.07) is 10.8. The van der Waals surface area contributed by atoms with Gasteiger partial charge in [-0.25, -0.2) is 14.8 Å². The summed E-state index contributed by atoms with van der Waals surface area (Å²) in [4.78, 5) is 97.5. The Hall–Kier alpha value is -6.69. The van der Waals surface area contributed by atoms with Crippen LogP contribution in [0.5, 0.6) is 0 Å². The zero-order valence-corrected chi connectivity index (χ0v) is 48.8. The van der Waals surface area contributed by atoms with E-state index in [2.05, 4.69) is 32.4 Å². The normalized spacial score (nSPS) is 12.3. The first-order valence-electron chi connectivity index (χ1n) is 25.7. The molecule has 424 valence electrons. The fourth-order valence-corrected chi connectivity index (χ4v) is 6.94. The molecule has 0 aliphatic rings. The van der Waals surface area contributed by atoms with E-state index >= 15 is 0 Å². The average Bonchev–Trinajstić information content (AvgIpc) is 3.20. The van der Waals surface area contributed by atoms with Gasteiger partial charge in [-0.15, -0.1) is 0 Å². The number of pyridine rings is 1. The van der Waals surface area contributed by atoms with Crippen LogP contribution < -0.4 is 10.6 Å². The Labute approximate surface area is 456 Å². The first-order chi connectivity index (χ1) is 35.2. The minimum Gasteiger partial charge on any atom is -0.459 e. The standard InChI is InChI=1S/C57H84N8O12/c1-52(2,3)72-46(66)34-63(25-26-64(35-47(67)73-53(4,5)6)36-48(68)74-54(7,8)9)32-43-27-40(28-44(61-43)33-65(37-49(69)75-55(10,11)12)38-50(70)76-56(13,14)15)21-24-42-30-60-45(31-58-42)59-29-39-19-22-41(23-20-39)62-51(71)77-57(16,17)18/h19-20,22-23,27-28,30-31H,25-26,29,32-38H2,1-18H3,(H,59,60)(H,62,71). The molecule has 0 bridgehead atoms. The smallest absolute Gasteiger partial charge is 0.412 e. The monoisotopic (exact) mass is 1070 g/mol. The summed E-state index contributed by atoms with van der Waals surface area (Å²) in [5.41, 5.74) is -1.35. The van der Waals surface area contributed by atoms with Crippen LogP contribution in [0.25, 0.3) is 0 Å². The number of ether oxygens (including phenoxy) is 6. The fourth-order valence-electron chi connectivity index (χ4n) is 6.94. The third kappa shape index (κ3) is 30.0. The minimum atomic E-state index is -0.804. The molecule has 3 aromatic rings. The maximum atomic E-state index is 13.5. The van der Waals surface area contributed by atoms with Gasteiger partial charge in [0.05, 0.1) is 56.5 Å². The number of aromatic nitrogens is 3. The van der Waals surface area contributed by atoms with E-state index in [1.807, 2.05) is 12.1 Å². The highest BCUT2D eigenvalue weighted by atomic mass is 16.6. The Morgan fingerprint density at radius 2 is 0.870 bits per heavy atom. The zero-order valence-electron chi connectivity index (χ0n) is 48.8. The Morgan fingerprint density at radius 1 is 0.481 bits per heavy atom. The van der Waals surface area contributed by atoms with Crippen LogP contribution >= 0.6 is 0 Å². The van der Waals surface area contributed by atoms with Crippen molar-refractivity contribution in [1.82, 2.24) is 29.7 Å². The first kappa shape index (κ1) is 64.6. The molecule has 77 heavy (non-hydrogen) atoms. The second-order valence-corrected chi connectivity index (χ2v) is 24.6. The summed E-state index contributed by atoms with van der Waals surface area (Å²) in [5, 5.41) is 5.95. The molecule has 0 aliphatic carbocycles. The molecule has 0 unspecified atom stereocenters. The Bertz CT molecular complexity index is 2470. The molecular formula is C57H84N8O12. The van der Waals surface area contributed by atoms with Gasteiger partial charge in [-0.1, -0.05) is 18.1 Å². The summed E-state index contributed by atoms with van der Waals surface area (Å²) >= 11 is 0. The van der Waals surface area contributed by atoms with Crippen LogP contribution in [0.1, 0.15) is 153 Å². The molecule has 20 nitrogen and oxygen atoms in total. The second kappa shape index (κ2) is 27.6. The van der Waals surface area contributed by atoms with Crippen LogP contribution in [0.15, 0.2) is 48.8 Å². The van der Waals surface area contributed by atoms with Crippen LogP contribution in [0, 0.1) is 11.8 Å². The number of amides is 1. The molecular weight excluding hydrogens is 989 g/mol. The number of carbonyl (C=O) groups excluding carboxylic acids is 6. The molecule has 0 aliphatic heterocycles. The van der Waals surface area contributed by atoms with Gasteiger partial charge < -0.3 is 33.7 Å². The second-order valence-electron chi connectivity index (χ2n) is 24.6. The van der Waals surface area contributed by atoms with E-state index in [1.54, 1.807) is 170 Å². The molecule has 20 heteroatoms. The molecule has 0 spiro atoms. The molecule has 0 radical (unpaired) electrons. The molecule has 2 heterocycles. The topological polar surface area (TPSA) is 230 Å². The molecule has 3 rings (SSSR count). The maximum Gasteiger partial charge on any atom is 0.412 e. The lowest BCUT2D eigenvalue weighted by Gasteiger charge is -2.29. The van der Waals surface area contributed by atoms with Gasteiger partial charge in [0.15, 0.2) is 0 Å². The van der Waals surface area contributed by atoms with Crippen LogP contribution in [-0.2, 0) is 72.0 Å². The number of nitrogens with zero attached hydrogens (tertiary/aromatic N) is 6. The van der Waals surface area contributed by atoms with E-state index < -0.39 is 69.5 Å². The minimum absolute atomic E-state index is 0.0181. The number of nitrogens with one attached hydrogen (secondary N) is 2. The van der Waals surface area contributed by atoms with Crippen molar-refractivity contribution in [3.8, 4) is 11.8 Å². The van der Waals surface area contributed by atoms with E-state index in [0.717, 1.165) is 5.56 Å². The van der Waals surface area contributed by atoms with Crippen molar-refractivity contribution in [2.45, 2.75) is 178 Å². The van der Waals surface area contributed by atoms with Crippen molar-refractivity contribution in [3.05, 3.63) is 77.0 Å². The van der Waals surface area contributed by atoms with Gasteiger partial charge in [0, 0.05) is 44.0 Å². The van der Waals surface area contributed by atoms with E-state index in [1.165, 1.54) is 6.20 Å². The number of anilines is 2. The molecule has 1 aromatic carbocycles. The van der Waals surface area contributed by atoms with Gasteiger partial charge >= 0.3 is 35.9 Å². The van der Waals surface area contributed by atoms with E-state index in [0.29, 0.717) is 40.7 Å². The van der Waals surface area contributed by atoms with Gasteiger partial charge in [0.2, 0.25) is 0 Å². The highest BCUT2D eigenvalue weighted by Gasteiger charge is 2.28. The van der Waals surface area contributed by atoms with Crippen molar-refractivity contribution >= 4 is 47.4 Å². The lowest BCUT2D eigenvalue weighted by atomic mass is 10.1. The molecule has 0 saturated carbocycles. The number of hydrogen-bond acceptors (Lipinski definition) is 19. The molecule has 2 N–H and O–H groups in total.